The number of pyridine rings is 1. The summed E-state index contributed by atoms with van der Waals surface area (Å²) < 4.78 is 13.0. The number of amides is 1. The molecule has 0 aliphatic heterocycles. The summed E-state index contributed by atoms with van der Waals surface area (Å²) in [5.41, 5.74) is 5.01. The maximum absolute atomic E-state index is 13.0. The number of hydrogen-bond acceptors (Lipinski definition) is 3. The minimum Gasteiger partial charge on any atom is -0.266 e. The van der Waals surface area contributed by atoms with Crippen molar-refractivity contribution in [3.63, 3.8) is 0 Å². The van der Waals surface area contributed by atoms with E-state index in [4.69, 9.17) is 0 Å². The topological polar surface area (TPSA) is 54.4 Å². The molecule has 1 aromatic heterocycles. The fourth-order valence-electron chi connectivity index (χ4n) is 2.36. The van der Waals surface area contributed by atoms with Gasteiger partial charge in [0.05, 0.1) is 11.2 Å². The number of halogens is 1. The van der Waals surface area contributed by atoms with Gasteiger partial charge in [-0.1, -0.05) is 43.3 Å². The molecule has 1 amide bonds. The molecule has 0 atom stereocenters. The molecule has 0 unspecified atom stereocenters. The monoisotopic (exact) mass is 321 g/mol. The van der Waals surface area contributed by atoms with Gasteiger partial charge < -0.3 is 0 Å². The van der Waals surface area contributed by atoms with Crippen LogP contribution in [0.25, 0.3) is 10.9 Å². The minimum absolute atomic E-state index is 0.298. The molecule has 0 saturated heterocycles. The number of nitrogens with one attached hydrogen (secondary N) is 1. The second kappa shape index (κ2) is 7.00. The lowest BCUT2D eigenvalue weighted by Crippen LogP contribution is -2.21. The average molecular weight is 321 g/mol. The second-order valence-corrected chi connectivity index (χ2v) is 5.25. The van der Waals surface area contributed by atoms with E-state index in [9.17, 15) is 9.18 Å². The summed E-state index contributed by atoms with van der Waals surface area (Å²) in [6.45, 7) is 1.92. The molecule has 120 valence electrons. The zero-order valence-electron chi connectivity index (χ0n) is 13.2. The highest BCUT2D eigenvalue weighted by molar-refractivity contribution is 6.02. The second-order valence-electron chi connectivity index (χ2n) is 5.25. The zero-order valence-corrected chi connectivity index (χ0v) is 13.2. The van der Waals surface area contributed by atoms with Gasteiger partial charge in [0.1, 0.15) is 11.5 Å². The fraction of sp³-hybridized carbons (Fsp3) is 0.105. The van der Waals surface area contributed by atoms with Gasteiger partial charge in [0.25, 0.3) is 5.91 Å². The van der Waals surface area contributed by atoms with Crippen LogP contribution in [0.3, 0.4) is 0 Å². The number of para-hydroxylation sites is 1. The van der Waals surface area contributed by atoms with Crippen molar-refractivity contribution >= 4 is 22.5 Å². The van der Waals surface area contributed by atoms with Crippen molar-refractivity contribution in [3.05, 3.63) is 77.7 Å². The number of carbonyl (C=O) groups is 1. The quantitative estimate of drug-likeness (QED) is 0.585. The molecular weight excluding hydrogens is 305 g/mol. The largest absolute Gasteiger partial charge is 0.289 e. The third kappa shape index (κ3) is 3.46. The number of hydrazone groups is 1. The van der Waals surface area contributed by atoms with Gasteiger partial charge in [0.2, 0.25) is 0 Å². The first-order valence-corrected chi connectivity index (χ1v) is 7.66. The van der Waals surface area contributed by atoms with Crippen molar-refractivity contribution in [2.75, 3.05) is 0 Å². The molecule has 0 saturated carbocycles. The van der Waals surface area contributed by atoms with Gasteiger partial charge in [-0.3, -0.25) is 4.79 Å². The standard InChI is InChI=1S/C19H16FN3O/c1-2-16(14-7-10-15(20)11-8-14)22-23-19(24)18-12-9-13-5-3-4-6-17(13)21-18/h3-12H,2H2,1H3,(H,23,24)/b22-16-. The van der Waals surface area contributed by atoms with Crippen LogP contribution in [-0.2, 0) is 0 Å². The Morgan fingerprint density at radius 3 is 2.58 bits per heavy atom. The number of nitrogens with zero attached hydrogens (tertiary/aromatic N) is 2. The molecule has 0 radical (unpaired) electrons. The summed E-state index contributed by atoms with van der Waals surface area (Å²) in [5, 5.41) is 5.12. The van der Waals surface area contributed by atoms with Crippen molar-refractivity contribution < 1.29 is 9.18 Å². The number of benzene rings is 2. The fourth-order valence-corrected chi connectivity index (χ4v) is 2.36. The van der Waals surface area contributed by atoms with E-state index in [1.807, 2.05) is 37.3 Å². The van der Waals surface area contributed by atoms with E-state index >= 15 is 0 Å². The lowest BCUT2D eigenvalue weighted by atomic mass is 10.1. The summed E-state index contributed by atoms with van der Waals surface area (Å²) in [7, 11) is 0. The van der Waals surface area contributed by atoms with Gasteiger partial charge >= 0.3 is 0 Å². The summed E-state index contributed by atoms with van der Waals surface area (Å²) >= 11 is 0. The molecule has 0 fully saturated rings. The number of fused-ring (bicyclic) bond motifs is 1. The molecule has 1 heterocycles. The normalized spacial score (nSPS) is 11.5. The van der Waals surface area contributed by atoms with Crippen molar-refractivity contribution in [3.8, 4) is 0 Å². The van der Waals surface area contributed by atoms with Crippen LogP contribution in [0.1, 0.15) is 29.4 Å². The predicted octanol–water partition coefficient (Wildman–Crippen LogP) is 3.92. The molecule has 0 spiro atoms. The van der Waals surface area contributed by atoms with Crippen LogP contribution in [0.15, 0.2) is 65.8 Å². The molecule has 0 aliphatic carbocycles. The number of hydrogen-bond donors (Lipinski definition) is 1. The first kappa shape index (κ1) is 15.8. The van der Waals surface area contributed by atoms with Gasteiger partial charge in [0.15, 0.2) is 0 Å². The van der Waals surface area contributed by atoms with Gasteiger partial charge in [0, 0.05) is 5.39 Å². The Morgan fingerprint density at radius 1 is 1.08 bits per heavy atom. The Bertz CT molecular complexity index is 904. The van der Waals surface area contributed by atoms with Crippen molar-refractivity contribution in [1.29, 1.82) is 0 Å². The van der Waals surface area contributed by atoms with E-state index in [1.54, 1.807) is 18.2 Å². The van der Waals surface area contributed by atoms with Gasteiger partial charge in [-0.25, -0.2) is 14.8 Å². The van der Waals surface area contributed by atoms with E-state index in [0.29, 0.717) is 17.8 Å². The molecule has 2 aromatic carbocycles. The Labute approximate surface area is 139 Å². The molecule has 1 N–H and O–H groups in total. The van der Waals surface area contributed by atoms with Crippen molar-refractivity contribution in [1.82, 2.24) is 10.4 Å². The van der Waals surface area contributed by atoms with Crippen LogP contribution in [0, 0.1) is 5.82 Å². The molecule has 3 aromatic rings. The highest BCUT2D eigenvalue weighted by Gasteiger charge is 2.08. The van der Waals surface area contributed by atoms with E-state index in [0.717, 1.165) is 16.5 Å². The van der Waals surface area contributed by atoms with Crippen molar-refractivity contribution in [2.45, 2.75) is 13.3 Å². The van der Waals surface area contributed by atoms with Crippen LogP contribution in [0.4, 0.5) is 4.39 Å². The van der Waals surface area contributed by atoms with Gasteiger partial charge in [-0.05, 0) is 36.2 Å². The highest BCUT2D eigenvalue weighted by Crippen LogP contribution is 2.12. The van der Waals surface area contributed by atoms with Crippen LogP contribution in [0.2, 0.25) is 0 Å². The van der Waals surface area contributed by atoms with E-state index in [1.165, 1.54) is 12.1 Å². The van der Waals surface area contributed by atoms with Crippen molar-refractivity contribution in [2.24, 2.45) is 5.10 Å². The Morgan fingerprint density at radius 2 is 1.83 bits per heavy atom. The van der Waals surface area contributed by atoms with Crippen LogP contribution < -0.4 is 5.43 Å². The van der Waals surface area contributed by atoms with Crippen LogP contribution in [0.5, 0.6) is 0 Å². The maximum atomic E-state index is 13.0. The Kier molecular flexibility index (Phi) is 4.61. The lowest BCUT2D eigenvalue weighted by Gasteiger charge is -2.06. The lowest BCUT2D eigenvalue weighted by molar-refractivity contribution is 0.0950. The molecule has 0 bridgehead atoms. The summed E-state index contributed by atoms with van der Waals surface area (Å²) in [5.74, 6) is -0.688. The molecule has 3 rings (SSSR count). The number of aromatic nitrogens is 1. The summed E-state index contributed by atoms with van der Waals surface area (Å²) in [6.07, 6.45) is 0.608. The number of carbonyl (C=O) groups excluding carboxylic acids is 1. The van der Waals surface area contributed by atoms with E-state index < -0.39 is 0 Å². The molecule has 4 nitrogen and oxygen atoms in total. The maximum Gasteiger partial charge on any atom is 0.289 e. The van der Waals surface area contributed by atoms with E-state index in [2.05, 4.69) is 15.5 Å². The summed E-state index contributed by atoms with van der Waals surface area (Å²) in [4.78, 5) is 16.6. The van der Waals surface area contributed by atoms with Gasteiger partial charge in [-0.15, -0.1) is 0 Å². The third-order valence-corrected chi connectivity index (χ3v) is 3.64. The number of rotatable bonds is 4. The Balaban J connectivity index is 1.80. The third-order valence-electron chi connectivity index (χ3n) is 3.64. The smallest absolute Gasteiger partial charge is 0.266 e. The zero-order chi connectivity index (χ0) is 16.9. The van der Waals surface area contributed by atoms with Gasteiger partial charge in [-0.2, -0.15) is 5.10 Å². The first-order chi connectivity index (χ1) is 11.7. The molecular formula is C19H16FN3O. The Hall–Kier alpha value is -3.08. The molecule has 5 heteroatoms. The highest BCUT2D eigenvalue weighted by atomic mass is 19.1. The minimum atomic E-state index is -0.381. The van der Waals surface area contributed by atoms with Crippen LogP contribution in [-0.4, -0.2) is 16.6 Å². The van der Waals surface area contributed by atoms with Crippen LogP contribution >= 0.6 is 0 Å². The first-order valence-electron chi connectivity index (χ1n) is 7.66. The SMILES string of the molecule is CC/C(=N/NC(=O)c1ccc2ccccc2n1)c1ccc(F)cc1. The van der Waals surface area contributed by atoms with E-state index in [-0.39, 0.29) is 11.7 Å². The summed E-state index contributed by atoms with van der Waals surface area (Å²) in [6, 6.07) is 17.1. The average Bonchev–Trinajstić information content (AvgIpc) is 2.63. The molecule has 0 aliphatic rings. The molecule has 24 heavy (non-hydrogen) atoms. The predicted molar refractivity (Wildman–Crippen MR) is 92.4 cm³/mol.